The third kappa shape index (κ3) is 4.03. The Labute approximate surface area is 176 Å². The molecular weight excluding hydrogens is 394 g/mol. The van der Waals surface area contributed by atoms with Crippen molar-refractivity contribution in [2.24, 2.45) is 0 Å². The average Bonchev–Trinajstić information content (AvgIpc) is 2.69. The maximum absolute atomic E-state index is 11.3. The number of nitro groups is 1. The summed E-state index contributed by atoms with van der Waals surface area (Å²) in [6.07, 6.45) is -0.787. The van der Waals surface area contributed by atoms with E-state index in [9.17, 15) is 15.2 Å². The molecule has 0 bridgehead atoms. The number of hydrogen-bond donors (Lipinski definition) is 1. The predicted octanol–water partition coefficient (Wildman–Crippen LogP) is 3.41. The lowest BCUT2D eigenvalue weighted by Crippen LogP contribution is -2.57. The molecule has 1 fully saturated rings. The Bertz CT molecular complexity index is 869. The van der Waals surface area contributed by atoms with Crippen molar-refractivity contribution in [3.63, 3.8) is 0 Å². The molecule has 29 heavy (non-hydrogen) atoms. The van der Waals surface area contributed by atoms with Gasteiger partial charge in [0.1, 0.15) is 17.5 Å². The number of fused-ring (bicyclic) bond motifs is 1. The zero-order valence-corrected chi connectivity index (χ0v) is 17.3. The van der Waals surface area contributed by atoms with Crippen molar-refractivity contribution in [2.45, 2.75) is 31.6 Å². The minimum Gasteiger partial charge on any atom is -0.485 e. The van der Waals surface area contributed by atoms with Gasteiger partial charge in [0.05, 0.1) is 11.0 Å². The molecule has 1 N–H and O–H groups in total. The van der Waals surface area contributed by atoms with Gasteiger partial charge in [-0.15, -0.1) is 12.4 Å². The normalized spacial score (nSPS) is 23.5. The number of para-hydroxylation sites is 1. The number of aliphatic hydroxyl groups excluding tert-OH is 1. The number of piperazine rings is 1. The fraction of sp³-hybridized carbons (Fsp3) is 0.429. The molecule has 2 atom stereocenters. The second-order valence-electron chi connectivity index (χ2n) is 7.93. The molecule has 0 unspecified atom stereocenters. The van der Waals surface area contributed by atoms with Gasteiger partial charge in [-0.25, -0.2) is 0 Å². The maximum atomic E-state index is 11.3. The smallest absolute Gasteiger partial charge is 0.270 e. The van der Waals surface area contributed by atoms with E-state index in [1.165, 1.54) is 11.8 Å². The van der Waals surface area contributed by atoms with Gasteiger partial charge in [-0.3, -0.25) is 15.0 Å². The molecule has 2 aromatic rings. The van der Waals surface area contributed by atoms with Crippen LogP contribution in [0.2, 0.25) is 0 Å². The lowest BCUT2D eigenvalue weighted by molar-refractivity contribution is -0.385. The van der Waals surface area contributed by atoms with Crippen molar-refractivity contribution < 1.29 is 14.8 Å². The van der Waals surface area contributed by atoms with Gasteiger partial charge < -0.3 is 14.7 Å². The molecule has 0 aromatic heterocycles. The molecule has 7 nitrogen and oxygen atoms in total. The fourth-order valence-electron chi connectivity index (χ4n) is 4.16. The van der Waals surface area contributed by atoms with Crippen LogP contribution in [0.25, 0.3) is 0 Å². The first-order valence-corrected chi connectivity index (χ1v) is 9.56. The minimum absolute atomic E-state index is 0. The van der Waals surface area contributed by atoms with E-state index in [1.807, 2.05) is 32.0 Å². The summed E-state index contributed by atoms with van der Waals surface area (Å²) in [5, 5.41) is 22.3. The summed E-state index contributed by atoms with van der Waals surface area (Å²) < 4.78 is 5.97. The van der Waals surface area contributed by atoms with Crippen LogP contribution in [0.1, 0.15) is 25.5 Å². The summed E-state index contributed by atoms with van der Waals surface area (Å²) in [6.45, 7) is 6.89. The van der Waals surface area contributed by atoms with E-state index in [1.54, 1.807) is 12.1 Å². The lowest BCUT2D eigenvalue weighted by atomic mass is 9.85. The van der Waals surface area contributed by atoms with Crippen molar-refractivity contribution in [1.82, 2.24) is 4.90 Å². The van der Waals surface area contributed by atoms with E-state index in [4.69, 9.17) is 4.74 Å². The molecule has 2 aromatic carbocycles. The predicted molar refractivity (Wildman–Crippen MR) is 114 cm³/mol. The first kappa shape index (κ1) is 21.4. The topological polar surface area (TPSA) is 79.1 Å². The summed E-state index contributed by atoms with van der Waals surface area (Å²) in [4.78, 5) is 15.4. The Hall–Kier alpha value is -2.35. The first-order valence-electron chi connectivity index (χ1n) is 9.56. The number of halogens is 1. The van der Waals surface area contributed by atoms with Crippen LogP contribution in [0.3, 0.4) is 0 Å². The number of anilines is 1. The number of ether oxygens (including phenoxy) is 1. The van der Waals surface area contributed by atoms with E-state index in [-0.39, 0.29) is 24.1 Å². The van der Waals surface area contributed by atoms with Crippen molar-refractivity contribution >= 4 is 23.8 Å². The molecule has 8 heteroatoms. The SMILES string of the molecule is CC1(C)Oc2ccc([N+](=O)[O-])cc2[C@@H](N2CCN(c3ccccc3)CC2)[C@@H]1O.Cl. The van der Waals surface area contributed by atoms with Gasteiger partial charge in [-0.1, -0.05) is 18.2 Å². The van der Waals surface area contributed by atoms with E-state index in [0.29, 0.717) is 11.3 Å². The van der Waals surface area contributed by atoms with Crippen LogP contribution >= 0.6 is 12.4 Å². The second-order valence-corrected chi connectivity index (χ2v) is 7.93. The summed E-state index contributed by atoms with van der Waals surface area (Å²) in [6, 6.07) is 14.6. The number of non-ortho nitro benzene ring substituents is 1. The average molecular weight is 420 g/mol. The van der Waals surface area contributed by atoms with Crippen LogP contribution in [0.4, 0.5) is 11.4 Å². The molecule has 156 valence electrons. The van der Waals surface area contributed by atoms with E-state index in [0.717, 1.165) is 26.2 Å². The van der Waals surface area contributed by atoms with Gasteiger partial charge in [-0.2, -0.15) is 0 Å². The molecular formula is C21H26ClN3O4. The minimum atomic E-state index is -0.787. The van der Waals surface area contributed by atoms with Gasteiger partial charge in [0, 0.05) is 49.6 Å². The van der Waals surface area contributed by atoms with Crippen molar-refractivity contribution in [3.8, 4) is 5.75 Å². The standard InChI is InChI=1S/C21H25N3O4.ClH/c1-21(2)20(25)19(17-14-16(24(26)27)8-9-18(17)28-21)23-12-10-22(11-13-23)15-6-4-3-5-7-15;/h3-9,14,19-20,25H,10-13H2,1-2H3;1H/t19-,20+;/m1./s1. The summed E-state index contributed by atoms with van der Waals surface area (Å²) in [7, 11) is 0. The summed E-state index contributed by atoms with van der Waals surface area (Å²) in [5.74, 6) is 0.608. The van der Waals surface area contributed by atoms with Crippen LogP contribution in [0.15, 0.2) is 48.5 Å². The molecule has 2 heterocycles. The van der Waals surface area contributed by atoms with Crippen LogP contribution in [-0.2, 0) is 0 Å². The quantitative estimate of drug-likeness (QED) is 0.606. The Morgan fingerprint density at radius 3 is 2.38 bits per heavy atom. The molecule has 2 aliphatic heterocycles. The molecule has 0 radical (unpaired) electrons. The Kier molecular flexibility index (Phi) is 6.03. The highest BCUT2D eigenvalue weighted by Crippen LogP contribution is 2.44. The van der Waals surface area contributed by atoms with Gasteiger partial charge in [0.15, 0.2) is 0 Å². The molecule has 1 saturated heterocycles. The van der Waals surface area contributed by atoms with Gasteiger partial charge in [-0.05, 0) is 32.0 Å². The van der Waals surface area contributed by atoms with E-state index >= 15 is 0 Å². The molecule has 0 aliphatic carbocycles. The monoisotopic (exact) mass is 419 g/mol. The lowest BCUT2D eigenvalue weighted by Gasteiger charge is -2.48. The zero-order chi connectivity index (χ0) is 19.9. The largest absolute Gasteiger partial charge is 0.485 e. The van der Waals surface area contributed by atoms with Gasteiger partial charge >= 0.3 is 0 Å². The second kappa shape index (κ2) is 8.18. The molecule has 4 rings (SSSR count). The highest BCUT2D eigenvalue weighted by molar-refractivity contribution is 5.85. The fourth-order valence-corrected chi connectivity index (χ4v) is 4.16. The van der Waals surface area contributed by atoms with Crippen LogP contribution in [-0.4, -0.2) is 52.8 Å². The van der Waals surface area contributed by atoms with Crippen LogP contribution in [0.5, 0.6) is 5.75 Å². The van der Waals surface area contributed by atoms with Gasteiger partial charge in [0.25, 0.3) is 5.69 Å². The van der Waals surface area contributed by atoms with Crippen LogP contribution in [0, 0.1) is 10.1 Å². The highest BCUT2D eigenvalue weighted by atomic mass is 35.5. The Morgan fingerprint density at radius 1 is 1.10 bits per heavy atom. The van der Waals surface area contributed by atoms with Crippen molar-refractivity contribution in [3.05, 3.63) is 64.2 Å². The number of hydrogen-bond acceptors (Lipinski definition) is 6. The zero-order valence-electron chi connectivity index (χ0n) is 16.5. The van der Waals surface area contributed by atoms with Crippen molar-refractivity contribution in [1.29, 1.82) is 0 Å². The Balaban J connectivity index is 0.00000240. The van der Waals surface area contributed by atoms with E-state index in [2.05, 4.69) is 21.9 Å². The number of rotatable bonds is 3. The number of nitro benzene ring substituents is 1. The molecule has 0 spiro atoms. The van der Waals surface area contributed by atoms with Gasteiger partial charge in [0.2, 0.25) is 0 Å². The summed E-state index contributed by atoms with van der Waals surface area (Å²) in [5.41, 5.74) is 1.12. The Morgan fingerprint density at radius 2 is 1.76 bits per heavy atom. The number of benzene rings is 2. The third-order valence-electron chi connectivity index (χ3n) is 5.74. The van der Waals surface area contributed by atoms with E-state index < -0.39 is 16.6 Å². The molecule has 0 saturated carbocycles. The van der Waals surface area contributed by atoms with Crippen molar-refractivity contribution in [2.75, 3.05) is 31.1 Å². The highest BCUT2D eigenvalue weighted by Gasteiger charge is 2.46. The first-order chi connectivity index (χ1) is 13.4. The van der Waals surface area contributed by atoms with Crippen LogP contribution < -0.4 is 9.64 Å². The number of nitrogens with zero attached hydrogens (tertiary/aromatic N) is 3. The summed E-state index contributed by atoms with van der Waals surface area (Å²) >= 11 is 0. The third-order valence-corrected chi connectivity index (χ3v) is 5.74. The maximum Gasteiger partial charge on any atom is 0.270 e. The number of aliphatic hydroxyl groups is 1. The molecule has 0 amide bonds. The molecule has 2 aliphatic rings.